The first-order valence-electron chi connectivity index (χ1n) is 7.73. The molecule has 0 bridgehead atoms. The van der Waals surface area contributed by atoms with Gasteiger partial charge in [-0.15, -0.1) is 11.3 Å². The van der Waals surface area contributed by atoms with Crippen LogP contribution in [0.5, 0.6) is 0 Å². The first kappa shape index (κ1) is 17.1. The van der Waals surface area contributed by atoms with E-state index in [2.05, 4.69) is 10.8 Å². The van der Waals surface area contributed by atoms with E-state index in [9.17, 15) is 13.2 Å². The van der Waals surface area contributed by atoms with Crippen LogP contribution in [0.3, 0.4) is 0 Å². The lowest BCUT2D eigenvalue weighted by molar-refractivity contribution is 0.0735. The third-order valence-electron chi connectivity index (χ3n) is 4.52. The van der Waals surface area contributed by atoms with Gasteiger partial charge in [0.2, 0.25) is 10.0 Å². The number of carbonyl (C=O) groups is 1. The zero-order valence-corrected chi connectivity index (χ0v) is 15.6. The smallest absolute Gasteiger partial charge is 0.254 e. The molecule has 1 aliphatic heterocycles. The van der Waals surface area contributed by atoms with Crippen molar-refractivity contribution in [1.82, 2.24) is 9.62 Å². The number of benzene rings is 1. The number of hydrogen-bond donors (Lipinski definition) is 1. The Balaban J connectivity index is 1.97. The van der Waals surface area contributed by atoms with Crippen LogP contribution in [-0.4, -0.2) is 32.8 Å². The maximum Gasteiger partial charge on any atom is 0.254 e. The summed E-state index contributed by atoms with van der Waals surface area (Å²) in [6.45, 7) is 4.83. The third kappa shape index (κ3) is 2.99. The number of sulfonamides is 1. The van der Waals surface area contributed by atoms with Gasteiger partial charge in [0.15, 0.2) is 0 Å². The van der Waals surface area contributed by atoms with Crippen LogP contribution < -0.4 is 4.72 Å². The first-order valence-corrected chi connectivity index (χ1v) is 10.1. The average Bonchev–Trinajstić information content (AvgIpc) is 3.03. The number of amides is 1. The van der Waals surface area contributed by atoms with Crippen molar-refractivity contribution in [2.24, 2.45) is 0 Å². The van der Waals surface area contributed by atoms with E-state index in [1.165, 1.54) is 23.6 Å². The lowest BCUT2D eigenvalue weighted by Crippen LogP contribution is -2.35. The average molecular weight is 364 g/mol. The Labute approximate surface area is 146 Å². The van der Waals surface area contributed by atoms with Gasteiger partial charge in [-0.2, -0.15) is 0 Å². The minimum Gasteiger partial charge on any atom is -0.334 e. The van der Waals surface area contributed by atoms with Crippen molar-refractivity contribution in [3.63, 3.8) is 0 Å². The molecule has 128 valence electrons. The van der Waals surface area contributed by atoms with E-state index in [0.717, 1.165) is 12.0 Å². The normalized spacial score (nSPS) is 14.5. The molecule has 5 nitrogen and oxygen atoms in total. The number of nitrogens with zero attached hydrogens (tertiary/aromatic N) is 1. The second kappa shape index (κ2) is 6.31. The summed E-state index contributed by atoms with van der Waals surface area (Å²) in [5.74, 6) is -0.123. The predicted molar refractivity (Wildman–Crippen MR) is 94.9 cm³/mol. The lowest BCUT2D eigenvalue weighted by atomic mass is 10.0. The van der Waals surface area contributed by atoms with Gasteiger partial charge in [-0.1, -0.05) is 0 Å². The highest BCUT2D eigenvalue weighted by Gasteiger charge is 2.25. The number of aryl methyl sites for hydroxylation is 1. The standard InChI is InChI=1S/C17H20N2O3S2/c1-11-8-14(9-16(12(11)2)24(21,22)18-3)17(20)19-6-4-15-13(10-19)5-7-23-15/h5,7-9,18H,4,6,10H2,1-3H3. The molecule has 2 aromatic rings. The Hall–Kier alpha value is -1.70. The predicted octanol–water partition coefficient (Wildman–Crippen LogP) is 2.47. The van der Waals surface area contributed by atoms with Crippen molar-refractivity contribution >= 4 is 27.3 Å². The Morgan fingerprint density at radius 1 is 1.29 bits per heavy atom. The Bertz CT molecular complexity index is 901. The highest BCUT2D eigenvalue weighted by molar-refractivity contribution is 7.89. The molecule has 1 aromatic carbocycles. The fraction of sp³-hybridized carbons (Fsp3) is 0.353. The van der Waals surface area contributed by atoms with E-state index < -0.39 is 10.0 Å². The van der Waals surface area contributed by atoms with Crippen LogP contribution in [0.1, 0.15) is 31.9 Å². The highest BCUT2D eigenvalue weighted by Crippen LogP contribution is 2.27. The van der Waals surface area contributed by atoms with Crippen LogP contribution in [-0.2, 0) is 23.0 Å². The van der Waals surface area contributed by atoms with Gasteiger partial charge in [-0.3, -0.25) is 4.79 Å². The molecular weight excluding hydrogens is 344 g/mol. The Morgan fingerprint density at radius 2 is 2.04 bits per heavy atom. The minimum absolute atomic E-state index is 0.123. The molecule has 1 amide bonds. The van der Waals surface area contributed by atoms with Gasteiger partial charge in [0.1, 0.15) is 0 Å². The highest BCUT2D eigenvalue weighted by atomic mass is 32.2. The van der Waals surface area contributed by atoms with E-state index in [0.29, 0.717) is 24.2 Å². The fourth-order valence-electron chi connectivity index (χ4n) is 2.94. The number of fused-ring (bicyclic) bond motifs is 1. The third-order valence-corrected chi connectivity index (χ3v) is 7.08. The molecule has 0 saturated heterocycles. The number of rotatable bonds is 3. The van der Waals surface area contributed by atoms with Crippen molar-refractivity contribution in [2.75, 3.05) is 13.6 Å². The lowest BCUT2D eigenvalue weighted by Gasteiger charge is -2.27. The first-order chi connectivity index (χ1) is 11.3. The number of hydrogen-bond acceptors (Lipinski definition) is 4. The number of thiophene rings is 1. The molecule has 0 atom stereocenters. The van der Waals surface area contributed by atoms with Gasteiger partial charge in [-0.05, 0) is 67.6 Å². The summed E-state index contributed by atoms with van der Waals surface area (Å²) in [6, 6.07) is 5.31. The van der Waals surface area contributed by atoms with Crippen LogP contribution in [0.4, 0.5) is 0 Å². The summed E-state index contributed by atoms with van der Waals surface area (Å²) >= 11 is 1.72. The van der Waals surface area contributed by atoms with Gasteiger partial charge >= 0.3 is 0 Å². The molecule has 0 radical (unpaired) electrons. The zero-order chi connectivity index (χ0) is 17.5. The van der Waals surface area contributed by atoms with Gasteiger partial charge in [0.25, 0.3) is 5.91 Å². The zero-order valence-electron chi connectivity index (χ0n) is 13.9. The minimum atomic E-state index is -3.60. The molecule has 0 fully saturated rings. The topological polar surface area (TPSA) is 66.5 Å². The van der Waals surface area contributed by atoms with E-state index in [1.807, 2.05) is 12.3 Å². The monoisotopic (exact) mass is 364 g/mol. The summed E-state index contributed by atoms with van der Waals surface area (Å²) in [5, 5.41) is 2.05. The van der Waals surface area contributed by atoms with Crippen LogP contribution in [0, 0.1) is 13.8 Å². The molecule has 1 aromatic heterocycles. The van der Waals surface area contributed by atoms with Crippen LogP contribution in [0.15, 0.2) is 28.5 Å². The van der Waals surface area contributed by atoms with Crippen molar-refractivity contribution in [3.8, 4) is 0 Å². The molecule has 0 aliphatic carbocycles. The summed E-state index contributed by atoms with van der Waals surface area (Å²) in [5.41, 5.74) is 3.07. The molecule has 24 heavy (non-hydrogen) atoms. The summed E-state index contributed by atoms with van der Waals surface area (Å²) in [4.78, 5) is 16.2. The van der Waals surface area contributed by atoms with Crippen molar-refractivity contribution < 1.29 is 13.2 Å². The second-order valence-corrected chi connectivity index (χ2v) is 8.83. The summed E-state index contributed by atoms with van der Waals surface area (Å²) in [7, 11) is -2.22. The molecule has 2 heterocycles. The van der Waals surface area contributed by atoms with E-state index in [1.54, 1.807) is 29.2 Å². The molecule has 0 saturated carbocycles. The van der Waals surface area contributed by atoms with E-state index in [4.69, 9.17) is 0 Å². The van der Waals surface area contributed by atoms with Crippen molar-refractivity contribution in [1.29, 1.82) is 0 Å². The molecule has 0 spiro atoms. The SMILES string of the molecule is CNS(=O)(=O)c1cc(C(=O)N2CCc3sccc3C2)cc(C)c1C. The van der Waals surface area contributed by atoms with Gasteiger partial charge in [0, 0.05) is 23.5 Å². The molecule has 1 N–H and O–H groups in total. The quantitative estimate of drug-likeness (QED) is 0.910. The molecule has 3 rings (SSSR count). The Kier molecular flexibility index (Phi) is 4.50. The molecule has 1 aliphatic rings. The largest absolute Gasteiger partial charge is 0.334 e. The van der Waals surface area contributed by atoms with Gasteiger partial charge in [-0.25, -0.2) is 13.1 Å². The summed E-state index contributed by atoms with van der Waals surface area (Å²) in [6.07, 6.45) is 0.852. The van der Waals surface area contributed by atoms with E-state index >= 15 is 0 Å². The van der Waals surface area contributed by atoms with Crippen LogP contribution >= 0.6 is 11.3 Å². The summed E-state index contributed by atoms with van der Waals surface area (Å²) < 4.78 is 26.8. The van der Waals surface area contributed by atoms with Crippen LogP contribution in [0.25, 0.3) is 0 Å². The molecule has 0 unspecified atom stereocenters. The number of carbonyl (C=O) groups excluding carboxylic acids is 1. The molecular formula is C17H20N2O3S2. The van der Waals surface area contributed by atoms with E-state index in [-0.39, 0.29) is 10.8 Å². The Morgan fingerprint density at radius 3 is 2.75 bits per heavy atom. The van der Waals surface area contributed by atoms with Crippen molar-refractivity contribution in [3.05, 3.63) is 50.7 Å². The second-order valence-electron chi connectivity index (χ2n) is 5.97. The maximum absolute atomic E-state index is 12.9. The van der Waals surface area contributed by atoms with Crippen molar-refractivity contribution in [2.45, 2.75) is 31.7 Å². The fourth-order valence-corrected chi connectivity index (χ4v) is 4.90. The number of nitrogens with one attached hydrogen (secondary N) is 1. The maximum atomic E-state index is 12.9. The van der Waals surface area contributed by atoms with Gasteiger partial charge < -0.3 is 4.90 Å². The van der Waals surface area contributed by atoms with Gasteiger partial charge in [0.05, 0.1) is 4.90 Å². The van der Waals surface area contributed by atoms with Crippen LogP contribution in [0.2, 0.25) is 0 Å². The molecule has 7 heteroatoms.